The molecule has 3 aromatic carbocycles. The fourth-order valence-corrected chi connectivity index (χ4v) is 5.31. The number of aromatic nitrogens is 2. The maximum absolute atomic E-state index is 12.7. The molecule has 0 radical (unpaired) electrons. The topological polar surface area (TPSA) is 90.3 Å². The predicted octanol–water partition coefficient (Wildman–Crippen LogP) is 3.78. The third kappa shape index (κ3) is 3.97. The van der Waals surface area contributed by atoms with Crippen LogP contribution >= 0.6 is 0 Å². The number of carbonyl (C=O) groups excluding carboxylic acids is 1. The van der Waals surface area contributed by atoms with Gasteiger partial charge in [-0.25, -0.2) is 13.1 Å². The second-order valence-corrected chi connectivity index (χ2v) is 9.96. The summed E-state index contributed by atoms with van der Waals surface area (Å²) in [5.41, 5.74) is 2.83. The number of sulfone groups is 1. The number of hydrogen-bond acceptors (Lipinski definition) is 5. The normalized spacial score (nSPS) is 14.3. The standard InChI is InChI=1S/C24H21N3O4S/c1-16-6-9-19(10-7-16)27-24(21-14-32(29,30)15-22(21)26-27)25-23(28)13-31-20-11-8-17-4-2-3-5-18(17)12-20/h2-12H,13-15H2,1H3,(H,25,28). The van der Waals surface area contributed by atoms with Crippen molar-refractivity contribution in [3.05, 3.63) is 83.6 Å². The maximum atomic E-state index is 12.7. The third-order valence-corrected chi connectivity index (χ3v) is 6.86. The molecule has 2 heterocycles. The Morgan fingerprint density at radius 2 is 1.78 bits per heavy atom. The van der Waals surface area contributed by atoms with Crippen molar-refractivity contribution in [2.45, 2.75) is 18.4 Å². The van der Waals surface area contributed by atoms with Gasteiger partial charge in [0.05, 0.1) is 22.9 Å². The van der Waals surface area contributed by atoms with Crippen molar-refractivity contribution in [2.75, 3.05) is 11.9 Å². The Labute approximate surface area is 185 Å². The van der Waals surface area contributed by atoms with Crippen molar-refractivity contribution in [3.8, 4) is 11.4 Å². The molecule has 5 rings (SSSR count). The quantitative estimate of drug-likeness (QED) is 0.503. The Morgan fingerprint density at radius 3 is 2.56 bits per heavy atom. The highest BCUT2D eigenvalue weighted by Gasteiger charge is 2.33. The molecule has 0 unspecified atom stereocenters. The number of nitrogens with zero attached hydrogens (tertiary/aromatic N) is 2. The van der Waals surface area contributed by atoms with Gasteiger partial charge < -0.3 is 10.1 Å². The number of hydrogen-bond donors (Lipinski definition) is 1. The lowest BCUT2D eigenvalue weighted by molar-refractivity contribution is -0.118. The average Bonchev–Trinajstić information content (AvgIpc) is 3.25. The van der Waals surface area contributed by atoms with E-state index in [1.54, 1.807) is 4.68 Å². The number of benzene rings is 3. The number of nitrogens with one attached hydrogen (secondary N) is 1. The number of carbonyl (C=O) groups is 1. The Balaban J connectivity index is 1.38. The van der Waals surface area contributed by atoms with Crippen molar-refractivity contribution >= 4 is 32.3 Å². The number of anilines is 1. The summed E-state index contributed by atoms with van der Waals surface area (Å²) in [6.45, 7) is 1.77. The molecule has 0 spiro atoms. The van der Waals surface area contributed by atoms with Gasteiger partial charge in [-0.15, -0.1) is 0 Å². The lowest BCUT2D eigenvalue weighted by Gasteiger charge is -2.12. The van der Waals surface area contributed by atoms with Crippen LogP contribution in [0.4, 0.5) is 5.82 Å². The minimum absolute atomic E-state index is 0.127. The summed E-state index contributed by atoms with van der Waals surface area (Å²) in [7, 11) is -3.26. The van der Waals surface area contributed by atoms with Crippen LogP contribution in [-0.2, 0) is 26.1 Å². The lowest BCUT2D eigenvalue weighted by Crippen LogP contribution is -2.22. The first kappa shape index (κ1) is 20.3. The van der Waals surface area contributed by atoms with Crippen molar-refractivity contribution in [2.24, 2.45) is 0 Å². The van der Waals surface area contributed by atoms with Crippen LogP contribution < -0.4 is 10.1 Å². The van der Waals surface area contributed by atoms with E-state index < -0.39 is 15.7 Å². The van der Waals surface area contributed by atoms with Crippen LogP contribution in [0.3, 0.4) is 0 Å². The van der Waals surface area contributed by atoms with E-state index in [0.29, 0.717) is 22.8 Å². The van der Waals surface area contributed by atoms with Crippen LogP contribution in [0, 0.1) is 6.92 Å². The second kappa shape index (κ2) is 7.80. The van der Waals surface area contributed by atoms with Crippen LogP contribution in [0.5, 0.6) is 5.75 Å². The summed E-state index contributed by atoms with van der Waals surface area (Å²) in [5, 5.41) is 9.40. The molecule has 1 aromatic heterocycles. The average molecular weight is 448 g/mol. The monoisotopic (exact) mass is 447 g/mol. The first-order valence-corrected chi connectivity index (χ1v) is 12.0. The smallest absolute Gasteiger partial charge is 0.263 e. The number of fused-ring (bicyclic) bond motifs is 2. The predicted molar refractivity (Wildman–Crippen MR) is 123 cm³/mol. The van der Waals surface area contributed by atoms with Crippen molar-refractivity contribution in [1.29, 1.82) is 0 Å². The second-order valence-electron chi connectivity index (χ2n) is 7.90. The summed E-state index contributed by atoms with van der Waals surface area (Å²) in [6.07, 6.45) is 0. The van der Waals surface area contributed by atoms with Crippen LogP contribution in [0.25, 0.3) is 16.5 Å². The van der Waals surface area contributed by atoms with Crippen LogP contribution in [-0.4, -0.2) is 30.7 Å². The summed E-state index contributed by atoms with van der Waals surface area (Å²) in [4.78, 5) is 12.7. The van der Waals surface area contributed by atoms with E-state index in [1.165, 1.54) is 0 Å². The minimum atomic E-state index is -3.26. The van der Waals surface area contributed by atoms with Gasteiger partial charge in [-0.2, -0.15) is 5.10 Å². The molecule has 7 nitrogen and oxygen atoms in total. The number of rotatable bonds is 5. The number of amides is 1. The zero-order chi connectivity index (χ0) is 22.3. The fraction of sp³-hybridized carbons (Fsp3) is 0.167. The Bertz CT molecular complexity index is 1440. The van der Waals surface area contributed by atoms with Crippen LogP contribution in [0.1, 0.15) is 16.8 Å². The molecule has 32 heavy (non-hydrogen) atoms. The molecular weight excluding hydrogens is 426 g/mol. The van der Waals surface area contributed by atoms with Gasteiger partial charge in [-0.05, 0) is 42.0 Å². The molecule has 1 amide bonds. The molecule has 1 aliphatic heterocycles. The first-order valence-electron chi connectivity index (χ1n) is 10.2. The molecule has 162 valence electrons. The van der Waals surface area contributed by atoms with Gasteiger partial charge >= 0.3 is 0 Å². The molecule has 1 aliphatic rings. The van der Waals surface area contributed by atoms with Gasteiger partial charge in [0.15, 0.2) is 16.4 Å². The highest BCUT2D eigenvalue weighted by molar-refractivity contribution is 7.90. The molecule has 0 saturated carbocycles. The molecule has 8 heteroatoms. The van der Waals surface area contributed by atoms with Gasteiger partial charge in [0.25, 0.3) is 5.91 Å². The van der Waals surface area contributed by atoms with Gasteiger partial charge in [0.1, 0.15) is 11.6 Å². The summed E-state index contributed by atoms with van der Waals surface area (Å²) in [6, 6.07) is 21.2. The van der Waals surface area contributed by atoms with Crippen molar-refractivity contribution in [3.63, 3.8) is 0 Å². The number of ether oxygens (including phenoxy) is 1. The van der Waals surface area contributed by atoms with E-state index in [9.17, 15) is 13.2 Å². The Kier molecular flexibility index (Phi) is 4.94. The van der Waals surface area contributed by atoms with E-state index in [4.69, 9.17) is 4.74 Å². The van der Waals surface area contributed by atoms with Crippen LogP contribution in [0.2, 0.25) is 0 Å². The molecular formula is C24H21N3O4S. The Morgan fingerprint density at radius 1 is 1.03 bits per heavy atom. The SMILES string of the molecule is Cc1ccc(-n2nc3c(c2NC(=O)COc2ccc4ccccc4c2)CS(=O)(=O)C3)cc1. The van der Waals surface area contributed by atoms with Gasteiger partial charge in [0.2, 0.25) is 0 Å². The Hall–Kier alpha value is -3.65. The van der Waals surface area contributed by atoms with Crippen molar-refractivity contribution in [1.82, 2.24) is 9.78 Å². The highest BCUT2D eigenvalue weighted by atomic mass is 32.2. The molecule has 0 saturated heterocycles. The molecule has 0 atom stereocenters. The molecule has 0 aliphatic carbocycles. The van der Waals surface area contributed by atoms with Gasteiger partial charge in [0, 0.05) is 5.56 Å². The summed E-state index contributed by atoms with van der Waals surface area (Å²) >= 11 is 0. The zero-order valence-corrected chi connectivity index (χ0v) is 18.2. The summed E-state index contributed by atoms with van der Waals surface area (Å²) < 4.78 is 31.5. The summed E-state index contributed by atoms with van der Waals surface area (Å²) in [5.74, 6) is 0.293. The largest absolute Gasteiger partial charge is 0.484 e. The first-order chi connectivity index (χ1) is 15.4. The van der Waals surface area contributed by atoms with E-state index in [0.717, 1.165) is 22.0 Å². The van der Waals surface area contributed by atoms with E-state index in [2.05, 4.69) is 10.4 Å². The minimum Gasteiger partial charge on any atom is -0.484 e. The number of aryl methyl sites for hydroxylation is 1. The van der Waals surface area contributed by atoms with Gasteiger partial charge in [-0.1, -0.05) is 48.0 Å². The van der Waals surface area contributed by atoms with Crippen LogP contribution in [0.15, 0.2) is 66.7 Å². The van der Waals surface area contributed by atoms with E-state index in [-0.39, 0.29) is 18.1 Å². The maximum Gasteiger partial charge on any atom is 0.263 e. The highest BCUT2D eigenvalue weighted by Crippen LogP contribution is 2.33. The van der Waals surface area contributed by atoms with E-state index in [1.807, 2.05) is 73.7 Å². The van der Waals surface area contributed by atoms with Crippen molar-refractivity contribution < 1.29 is 17.9 Å². The fourth-order valence-electron chi connectivity index (χ4n) is 3.82. The van der Waals surface area contributed by atoms with E-state index >= 15 is 0 Å². The molecule has 0 bridgehead atoms. The zero-order valence-electron chi connectivity index (χ0n) is 17.4. The third-order valence-electron chi connectivity index (χ3n) is 5.41. The molecule has 0 fully saturated rings. The lowest BCUT2D eigenvalue weighted by atomic mass is 10.1. The molecule has 4 aromatic rings. The molecule has 1 N–H and O–H groups in total. The van der Waals surface area contributed by atoms with Gasteiger partial charge in [-0.3, -0.25) is 4.79 Å².